The fraction of sp³-hybridized carbons (Fsp3) is 0.724. The summed E-state index contributed by atoms with van der Waals surface area (Å²) in [6.07, 6.45) is 6.14. The molecule has 7 atom stereocenters. The molecule has 7 nitrogen and oxygen atoms in total. The van der Waals surface area contributed by atoms with Gasteiger partial charge in [0.2, 0.25) is 0 Å². The van der Waals surface area contributed by atoms with Gasteiger partial charge >= 0.3 is 0 Å². The lowest BCUT2D eigenvalue weighted by Crippen LogP contribution is -2.47. The number of aromatic hydroxyl groups is 1. The molecule has 1 aliphatic heterocycles. The Morgan fingerprint density at radius 1 is 1.33 bits per heavy atom. The highest BCUT2D eigenvalue weighted by Crippen LogP contribution is 2.46. The van der Waals surface area contributed by atoms with Crippen LogP contribution in [0.25, 0.3) is 0 Å². The number of aliphatic hydroxyl groups excluding tert-OH is 1. The van der Waals surface area contributed by atoms with E-state index in [9.17, 15) is 19.8 Å². The van der Waals surface area contributed by atoms with Crippen molar-refractivity contribution in [3.05, 3.63) is 39.3 Å². The Kier molecular flexibility index (Phi) is 9.23. The van der Waals surface area contributed by atoms with Gasteiger partial charge in [-0.1, -0.05) is 40.2 Å². The zero-order valence-corrected chi connectivity index (χ0v) is 23.0. The molecule has 1 aliphatic carbocycles. The number of pyridine rings is 1. The van der Waals surface area contributed by atoms with Crippen molar-refractivity contribution in [2.24, 2.45) is 24.8 Å². The second-order valence-corrected chi connectivity index (χ2v) is 11.3. The normalized spacial score (nSPS) is 31.3. The number of ether oxygens (including phenoxy) is 2. The van der Waals surface area contributed by atoms with Gasteiger partial charge in [0, 0.05) is 38.8 Å². The van der Waals surface area contributed by atoms with E-state index >= 15 is 0 Å². The molecule has 2 unspecified atom stereocenters. The molecule has 0 spiro atoms. The van der Waals surface area contributed by atoms with Crippen LogP contribution in [-0.4, -0.2) is 39.9 Å². The van der Waals surface area contributed by atoms with Gasteiger partial charge < -0.3 is 24.3 Å². The molecule has 2 N–H and O–H groups in total. The molecule has 1 saturated carbocycles. The Morgan fingerprint density at radius 2 is 2.03 bits per heavy atom. The first-order chi connectivity index (χ1) is 16.9. The maximum atomic E-state index is 13.3. The zero-order valence-electron chi connectivity index (χ0n) is 23.0. The standard InChI is InChI=1S/C29H45NO6/c1-8-17(2)13-18(3)14-20(5)27-19(4)9-10-23(36-27)25-26(33)22(16-30(6)28(25)34)29(35-7)12-11-21(31)15-24(29)32/h14,16-19,23-24,27,32-33H,8-13,15H2,1-7H3/b20-14+/t17?,18?,19-,23+,24-,27-,29+/m1/s1. The molecule has 7 heteroatoms. The number of allylic oxidation sites excluding steroid dienone is 1. The summed E-state index contributed by atoms with van der Waals surface area (Å²) < 4.78 is 13.7. The van der Waals surface area contributed by atoms with Crippen molar-refractivity contribution in [3.63, 3.8) is 0 Å². The molecule has 1 aromatic heterocycles. The predicted octanol–water partition coefficient (Wildman–Crippen LogP) is 4.92. The Bertz CT molecular complexity index is 1030. The number of nitrogens with zero attached hydrogens (tertiary/aromatic N) is 1. The van der Waals surface area contributed by atoms with Crippen LogP contribution in [0.5, 0.6) is 5.75 Å². The number of hydrogen-bond donors (Lipinski definition) is 2. The summed E-state index contributed by atoms with van der Waals surface area (Å²) in [5.74, 6) is 1.13. The van der Waals surface area contributed by atoms with Crippen molar-refractivity contribution in [2.45, 2.75) is 103 Å². The molecule has 0 amide bonds. The van der Waals surface area contributed by atoms with Gasteiger partial charge in [0.05, 0.1) is 23.9 Å². The number of Topliss-reactive ketones (excluding diaryl/α,β-unsaturated/α-hetero) is 1. The average molecular weight is 504 g/mol. The summed E-state index contributed by atoms with van der Waals surface area (Å²) in [5.41, 5.74) is 0.100. The van der Waals surface area contributed by atoms with E-state index in [1.54, 1.807) is 7.05 Å². The number of rotatable bonds is 8. The Balaban J connectivity index is 1.98. The smallest absolute Gasteiger partial charge is 0.259 e. The van der Waals surface area contributed by atoms with E-state index in [-0.39, 0.29) is 48.0 Å². The summed E-state index contributed by atoms with van der Waals surface area (Å²) in [6, 6.07) is 0. The number of carbonyl (C=O) groups excluding carboxylic acids is 1. The summed E-state index contributed by atoms with van der Waals surface area (Å²) in [6.45, 7) is 11.0. The quantitative estimate of drug-likeness (QED) is 0.489. The van der Waals surface area contributed by atoms with Crippen molar-refractivity contribution in [2.75, 3.05) is 7.11 Å². The van der Waals surface area contributed by atoms with E-state index < -0.39 is 17.8 Å². The third-order valence-corrected chi connectivity index (χ3v) is 8.44. The number of methoxy groups -OCH3 is 1. The van der Waals surface area contributed by atoms with Crippen LogP contribution in [0.4, 0.5) is 0 Å². The van der Waals surface area contributed by atoms with Gasteiger partial charge in [-0.25, -0.2) is 0 Å². The van der Waals surface area contributed by atoms with Gasteiger partial charge in [0.1, 0.15) is 17.1 Å². The third-order valence-electron chi connectivity index (χ3n) is 8.44. The lowest BCUT2D eigenvalue weighted by Gasteiger charge is -2.41. The lowest BCUT2D eigenvalue weighted by atomic mass is 9.76. The number of aromatic nitrogens is 1. The van der Waals surface area contributed by atoms with Crippen molar-refractivity contribution in [1.29, 1.82) is 0 Å². The lowest BCUT2D eigenvalue weighted by molar-refractivity contribution is -0.152. The molecule has 36 heavy (non-hydrogen) atoms. The van der Waals surface area contributed by atoms with E-state index in [0.717, 1.165) is 24.8 Å². The highest BCUT2D eigenvalue weighted by atomic mass is 16.5. The number of aryl methyl sites for hydroxylation is 1. The molecular weight excluding hydrogens is 458 g/mol. The van der Waals surface area contributed by atoms with Crippen molar-refractivity contribution in [1.82, 2.24) is 4.57 Å². The van der Waals surface area contributed by atoms with Crippen LogP contribution in [0.3, 0.4) is 0 Å². The number of ketones is 1. The van der Waals surface area contributed by atoms with Gasteiger partial charge in [-0.15, -0.1) is 0 Å². The summed E-state index contributed by atoms with van der Waals surface area (Å²) in [4.78, 5) is 25.2. The Labute approximate surface area is 215 Å². The largest absolute Gasteiger partial charge is 0.507 e. The Hall–Kier alpha value is -1.96. The van der Waals surface area contributed by atoms with Crippen LogP contribution < -0.4 is 5.56 Å². The van der Waals surface area contributed by atoms with Crippen LogP contribution >= 0.6 is 0 Å². The van der Waals surface area contributed by atoms with Crippen molar-refractivity contribution < 1.29 is 24.5 Å². The van der Waals surface area contributed by atoms with E-state index in [1.807, 2.05) is 0 Å². The summed E-state index contributed by atoms with van der Waals surface area (Å²) in [7, 11) is 3.09. The summed E-state index contributed by atoms with van der Waals surface area (Å²) in [5, 5.41) is 22.3. The molecule has 2 heterocycles. The molecular formula is C29H45NO6. The minimum absolute atomic E-state index is 0.0445. The van der Waals surface area contributed by atoms with E-state index in [1.165, 1.54) is 17.9 Å². The predicted molar refractivity (Wildman–Crippen MR) is 140 cm³/mol. The van der Waals surface area contributed by atoms with E-state index in [4.69, 9.17) is 9.47 Å². The number of carbonyl (C=O) groups is 1. The molecule has 2 aliphatic rings. The molecule has 1 aromatic rings. The van der Waals surface area contributed by atoms with Gasteiger partial charge in [-0.05, 0) is 55.9 Å². The Morgan fingerprint density at radius 3 is 2.64 bits per heavy atom. The second kappa shape index (κ2) is 11.6. The topological polar surface area (TPSA) is 98.0 Å². The maximum absolute atomic E-state index is 13.3. The van der Waals surface area contributed by atoms with Gasteiger partial charge in [-0.2, -0.15) is 0 Å². The second-order valence-electron chi connectivity index (χ2n) is 11.3. The molecule has 202 valence electrons. The fourth-order valence-electron chi connectivity index (χ4n) is 6.11. The first kappa shape index (κ1) is 28.6. The highest BCUT2D eigenvalue weighted by molar-refractivity contribution is 5.80. The summed E-state index contributed by atoms with van der Waals surface area (Å²) >= 11 is 0. The number of aliphatic hydroxyl groups is 1. The zero-order chi connectivity index (χ0) is 26.8. The monoisotopic (exact) mass is 503 g/mol. The molecule has 3 rings (SSSR count). The first-order valence-electron chi connectivity index (χ1n) is 13.5. The molecule has 0 radical (unpaired) electrons. The maximum Gasteiger partial charge on any atom is 0.259 e. The third kappa shape index (κ3) is 5.63. The first-order valence-corrected chi connectivity index (χ1v) is 13.5. The van der Waals surface area contributed by atoms with Gasteiger partial charge in [-0.3, -0.25) is 9.59 Å². The van der Waals surface area contributed by atoms with E-state index in [0.29, 0.717) is 29.7 Å². The minimum atomic E-state index is -1.26. The van der Waals surface area contributed by atoms with Crippen LogP contribution in [0, 0.1) is 17.8 Å². The van der Waals surface area contributed by atoms with Gasteiger partial charge in [0.15, 0.2) is 0 Å². The number of hydrogen-bond acceptors (Lipinski definition) is 6. The molecule has 1 saturated heterocycles. The SMILES string of the molecule is CCC(C)CC(C)/C=C(\C)[C@@H]1O[C@H](c2c(O)c([C@@]3(OC)CCC(=O)C[C@H]3O)cn(C)c2=O)CC[C@H]1C. The fourth-order valence-corrected chi connectivity index (χ4v) is 6.11. The van der Waals surface area contributed by atoms with Crippen molar-refractivity contribution in [3.8, 4) is 5.75 Å². The van der Waals surface area contributed by atoms with Crippen LogP contribution in [0.1, 0.15) is 96.8 Å². The molecule has 2 fully saturated rings. The molecule has 0 bridgehead atoms. The van der Waals surface area contributed by atoms with Crippen LogP contribution in [0.15, 0.2) is 22.6 Å². The highest BCUT2D eigenvalue weighted by Gasteiger charge is 2.47. The molecule has 0 aromatic carbocycles. The minimum Gasteiger partial charge on any atom is -0.507 e. The van der Waals surface area contributed by atoms with Gasteiger partial charge in [0.25, 0.3) is 5.56 Å². The average Bonchev–Trinajstić information content (AvgIpc) is 2.83. The van der Waals surface area contributed by atoms with E-state index in [2.05, 4.69) is 40.7 Å². The van der Waals surface area contributed by atoms with Crippen LogP contribution in [0.2, 0.25) is 0 Å². The van der Waals surface area contributed by atoms with Crippen molar-refractivity contribution >= 4 is 5.78 Å². The van der Waals surface area contributed by atoms with Crippen LogP contribution in [-0.2, 0) is 26.9 Å².